The summed E-state index contributed by atoms with van der Waals surface area (Å²) in [6, 6.07) is 19.3. The summed E-state index contributed by atoms with van der Waals surface area (Å²) >= 11 is 0. The minimum Gasteiger partial charge on any atom is -0.374 e. The van der Waals surface area contributed by atoms with Gasteiger partial charge in [0.15, 0.2) is 0 Å². The number of ether oxygens (including phenoxy) is 2. The lowest BCUT2D eigenvalue weighted by atomic mass is 9.66. The Kier molecular flexibility index (Phi) is 4.43. The Bertz CT molecular complexity index is 681. The third-order valence-electron chi connectivity index (χ3n) is 5.71. The van der Waals surface area contributed by atoms with Crippen molar-refractivity contribution in [2.75, 3.05) is 6.61 Å². The maximum absolute atomic E-state index is 6.28. The van der Waals surface area contributed by atoms with Crippen molar-refractivity contribution < 1.29 is 9.47 Å². The highest BCUT2D eigenvalue weighted by atomic mass is 16.5. The van der Waals surface area contributed by atoms with Crippen LogP contribution >= 0.6 is 0 Å². The van der Waals surface area contributed by atoms with Crippen LogP contribution in [0, 0.1) is 0 Å². The molecule has 3 atom stereocenters. The van der Waals surface area contributed by atoms with Gasteiger partial charge in [-0.25, -0.2) is 0 Å². The summed E-state index contributed by atoms with van der Waals surface area (Å²) < 4.78 is 12.4. The molecule has 0 amide bonds. The molecule has 0 bridgehead atoms. The van der Waals surface area contributed by atoms with Crippen LogP contribution in [0.25, 0.3) is 0 Å². The Morgan fingerprint density at radius 1 is 1.08 bits per heavy atom. The molecule has 24 heavy (non-hydrogen) atoms. The second-order valence-corrected chi connectivity index (χ2v) is 7.34. The van der Waals surface area contributed by atoms with Gasteiger partial charge in [-0.15, -0.1) is 0 Å². The Morgan fingerprint density at radius 2 is 1.88 bits per heavy atom. The number of hydrogen-bond donors (Lipinski definition) is 0. The topological polar surface area (TPSA) is 18.5 Å². The van der Waals surface area contributed by atoms with E-state index in [-0.39, 0.29) is 11.5 Å². The molecule has 2 aliphatic rings. The molecule has 0 N–H and O–H groups in total. The molecule has 1 spiro atoms. The molecule has 2 aromatic rings. The first kappa shape index (κ1) is 15.9. The number of hydrogen-bond acceptors (Lipinski definition) is 2. The molecule has 1 saturated carbocycles. The van der Waals surface area contributed by atoms with E-state index in [0.717, 1.165) is 19.4 Å². The zero-order chi connectivity index (χ0) is 16.4. The second kappa shape index (κ2) is 6.70. The van der Waals surface area contributed by atoms with E-state index in [1.165, 1.54) is 29.5 Å². The number of fused-ring (bicyclic) bond motifs is 2. The summed E-state index contributed by atoms with van der Waals surface area (Å²) in [5.41, 5.74) is 4.26. The summed E-state index contributed by atoms with van der Waals surface area (Å²) in [4.78, 5) is 0. The van der Waals surface area contributed by atoms with Crippen LogP contribution < -0.4 is 0 Å². The van der Waals surface area contributed by atoms with Gasteiger partial charge >= 0.3 is 0 Å². The van der Waals surface area contributed by atoms with Gasteiger partial charge in [-0.2, -0.15) is 0 Å². The predicted octanol–water partition coefficient (Wildman–Crippen LogP) is 5.18. The maximum Gasteiger partial charge on any atom is 0.0800 e. The molecule has 1 fully saturated rings. The van der Waals surface area contributed by atoms with Crippen LogP contribution in [0.4, 0.5) is 0 Å². The van der Waals surface area contributed by atoms with Crippen LogP contribution in [0.3, 0.4) is 0 Å². The van der Waals surface area contributed by atoms with E-state index < -0.39 is 0 Å². The van der Waals surface area contributed by atoms with E-state index in [9.17, 15) is 0 Å². The van der Waals surface area contributed by atoms with Crippen molar-refractivity contribution in [3.05, 3.63) is 71.3 Å². The number of rotatable bonds is 3. The first-order chi connectivity index (χ1) is 11.8. The fourth-order valence-corrected chi connectivity index (χ4v) is 4.40. The van der Waals surface area contributed by atoms with Gasteiger partial charge in [0.05, 0.1) is 25.4 Å². The summed E-state index contributed by atoms with van der Waals surface area (Å²) in [6.07, 6.45) is 5.19. The largest absolute Gasteiger partial charge is 0.374 e. The molecule has 126 valence electrons. The van der Waals surface area contributed by atoms with Crippen molar-refractivity contribution in [2.24, 2.45) is 0 Å². The molecule has 3 unspecified atom stereocenters. The molecule has 0 saturated heterocycles. The Morgan fingerprint density at radius 3 is 2.75 bits per heavy atom. The summed E-state index contributed by atoms with van der Waals surface area (Å²) in [5.74, 6) is 0. The van der Waals surface area contributed by atoms with Gasteiger partial charge in [0.2, 0.25) is 0 Å². The quantitative estimate of drug-likeness (QED) is 0.775. The first-order valence-corrected chi connectivity index (χ1v) is 9.13. The van der Waals surface area contributed by atoms with Crippen molar-refractivity contribution in [1.29, 1.82) is 0 Å². The van der Waals surface area contributed by atoms with Gasteiger partial charge in [0.1, 0.15) is 0 Å². The third kappa shape index (κ3) is 3.01. The Hall–Kier alpha value is -1.64. The molecular weight excluding hydrogens is 296 g/mol. The standard InChI is InChI=1S/C22H26O2/c1-17-20-11-5-6-12-21(20)22(16-24-17)13-7-10-19(14-22)23-15-18-8-3-2-4-9-18/h2-6,8-9,11-12,17,19H,7,10,13-16H2,1H3. The highest BCUT2D eigenvalue weighted by Crippen LogP contribution is 2.47. The average molecular weight is 322 g/mol. The lowest BCUT2D eigenvalue weighted by Crippen LogP contribution is -2.43. The fourth-order valence-electron chi connectivity index (χ4n) is 4.40. The molecule has 0 aromatic heterocycles. The fraction of sp³-hybridized carbons (Fsp3) is 0.455. The molecule has 1 heterocycles. The molecule has 1 aliphatic carbocycles. The van der Waals surface area contributed by atoms with E-state index in [1.54, 1.807) is 0 Å². The second-order valence-electron chi connectivity index (χ2n) is 7.34. The van der Waals surface area contributed by atoms with Crippen LogP contribution in [0.1, 0.15) is 55.4 Å². The third-order valence-corrected chi connectivity index (χ3v) is 5.71. The van der Waals surface area contributed by atoms with E-state index in [1.807, 2.05) is 0 Å². The molecule has 2 heteroatoms. The molecule has 2 aromatic carbocycles. The van der Waals surface area contributed by atoms with Crippen LogP contribution in [0.15, 0.2) is 54.6 Å². The van der Waals surface area contributed by atoms with Crippen molar-refractivity contribution in [1.82, 2.24) is 0 Å². The smallest absolute Gasteiger partial charge is 0.0800 e. The van der Waals surface area contributed by atoms with Crippen LogP contribution in [-0.2, 0) is 21.5 Å². The van der Waals surface area contributed by atoms with Gasteiger partial charge in [0.25, 0.3) is 0 Å². The Labute approximate surface area is 144 Å². The summed E-state index contributed by atoms with van der Waals surface area (Å²) in [5, 5.41) is 0. The molecule has 1 aliphatic heterocycles. The SMILES string of the molecule is CC1OCC2(CCCC(OCc3ccccc3)C2)c2ccccc21. The monoisotopic (exact) mass is 322 g/mol. The zero-order valence-corrected chi connectivity index (χ0v) is 14.4. The Balaban J connectivity index is 1.51. The van der Waals surface area contributed by atoms with Gasteiger partial charge in [-0.05, 0) is 49.3 Å². The van der Waals surface area contributed by atoms with Crippen molar-refractivity contribution in [2.45, 2.75) is 56.8 Å². The van der Waals surface area contributed by atoms with Crippen molar-refractivity contribution in [3.63, 3.8) is 0 Å². The van der Waals surface area contributed by atoms with E-state index >= 15 is 0 Å². The minimum absolute atomic E-state index is 0.142. The van der Waals surface area contributed by atoms with Crippen LogP contribution in [0.5, 0.6) is 0 Å². The van der Waals surface area contributed by atoms with Gasteiger partial charge < -0.3 is 9.47 Å². The highest BCUT2D eigenvalue weighted by molar-refractivity contribution is 5.38. The summed E-state index contributed by atoms with van der Waals surface area (Å²) in [6.45, 7) is 3.70. The van der Waals surface area contributed by atoms with Crippen LogP contribution in [0.2, 0.25) is 0 Å². The molecule has 0 radical (unpaired) electrons. The van der Waals surface area contributed by atoms with E-state index in [2.05, 4.69) is 61.5 Å². The lowest BCUT2D eigenvalue weighted by molar-refractivity contribution is -0.0528. The van der Waals surface area contributed by atoms with Crippen molar-refractivity contribution >= 4 is 0 Å². The first-order valence-electron chi connectivity index (χ1n) is 9.13. The molecule has 4 rings (SSSR count). The highest BCUT2D eigenvalue weighted by Gasteiger charge is 2.43. The van der Waals surface area contributed by atoms with Crippen molar-refractivity contribution in [3.8, 4) is 0 Å². The van der Waals surface area contributed by atoms with Gasteiger partial charge in [-0.3, -0.25) is 0 Å². The zero-order valence-electron chi connectivity index (χ0n) is 14.4. The van der Waals surface area contributed by atoms with Gasteiger partial charge in [-0.1, -0.05) is 54.6 Å². The van der Waals surface area contributed by atoms with E-state index in [0.29, 0.717) is 12.7 Å². The minimum atomic E-state index is 0.142. The summed E-state index contributed by atoms with van der Waals surface area (Å²) in [7, 11) is 0. The normalized spacial score (nSPS) is 29.4. The molecular formula is C22H26O2. The maximum atomic E-state index is 6.28. The van der Waals surface area contributed by atoms with Gasteiger partial charge in [0, 0.05) is 5.41 Å². The molecule has 2 nitrogen and oxygen atoms in total. The average Bonchev–Trinajstić information content (AvgIpc) is 2.65. The van der Waals surface area contributed by atoms with Crippen LogP contribution in [-0.4, -0.2) is 12.7 Å². The predicted molar refractivity (Wildman–Crippen MR) is 96.0 cm³/mol. The van der Waals surface area contributed by atoms with E-state index in [4.69, 9.17) is 9.47 Å². The lowest BCUT2D eigenvalue weighted by Gasteiger charge is -2.46. The number of benzene rings is 2.